The van der Waals surface area contributed by atoms with Crippen LogP contribution in [0, 0.1) is 5.92 Å². The zero-order valence-electron chi connectivity index (χ0n) is 14.7. The molecule has 1 aromatic carbocycles. The molecule has 0 aromatic heterocycles. The van der Waals surface area contributed by atoms with E-state index < -0.39 is 0 Å². The molecule has 2 aliphatic rings. The molecule has 0 spiro atoms. The van der Waals surface area contributed by atoms with Crippen molar-refractivity contribution in [2.75, 3.05) is 13.1 Å². The fraction of sp³-hybridized carbons (Fsp3) is 0.600. The number of carbonyl (C=O) groups excluding carboxylic acids is 2. The van der Waals surface area contributed by atoms with Crippen molar-refractivity contribution in [3.63, 3.8) is 0 Å². The third-order valence-electron chi connectivity index (χ3n) is 5.39. The fourth-order valence-electron chi connectivity index (χ4n) is 3.92. The molecule has 2 amide bonds. The lowest BCUT2D eigenvalue weighted by molar-refractivity contribution is -0.127. The number of nitrogens with zero attached hydrogens (tertiary/aromatic N) is 1. The van der Waals surface area contributed by atoms with Gasteiger partial charge in [-0.05, 0) is 37.8 Å². The summed E-state index contributed by atoms with van der Waals surface area (Å²) in [5.74, 6) is -0.0652. The summed E-state index contributed by atoms with van der Waals surface area (Å²) in [6.45, 7) is 1.18. The van der Waals surface area contributed by atoms with Gasteiger partial charge in [0.25, 0.3) is 5.91 Å². The number of carbonyl (C=O) groups is 2. The van der Waals surface area contributed by atoms with E-state index >= 15 is 0 Å². The third kappa shape index (κ3) is 4.75. The summed E-state index contributed by atoms with van der Waals surface area (Å²) >= 11 is 6.15. The highest BCUT2D eigenvalue weighted by atomic mass is 35.5. The van der Waals surface area contributed by atoms with Gasteiger partial charge < -0.3 is 10.2 Å². The van der Waals surface area contributed by atoms with Gasteiger partial charge in [0, 0.05) is 19.1 Å². The van der Waals surface area contributed by atoms with E-state index in [1.54, 1.807) is 17.0 Å². The van der Waals surface area contributed by atoms with Crippen LogP contribution in [-0.2, 0) is 4.79 Å². The number of piperidine rings is 1. The second kappa shape index (κ2) is 8.70. The van der Waals surface area contributed by atoms with E-state index in [1.165, 1.54) is 25.7 Å². The number of nitrogens with one attached hydrogen (secondary N) is 1. The summed E-state index contributed by atoms with van der Waals surface area (Å²) in [5, 5.41) is 3.71. The minimum absolute atomic E-state index is 0.0717. The van der Waals surface area contributed by atoms with Crippen molar-refractivity contribution in [2.24, 2.45) is 5.92 Å². The first-order valence-corrected chi connectivity index (χ1v) is 9.87. The van der Waals surface area contributed by atoms with Crippen LogP contribution in [0.25, 0.3) is 0 Å². The number of benzene rings is 1. The first-order valence-electron chi connectivity index (χ1n) is 9.49. The smallest absolute Gasteiger partial charge is 0.255 e. The Kier molecular flexibility index (Phi) is 6.35. The maximum atomic E-state index is 12.7. The van der Waals surface area contributed by atoms with Gasteiger partial charge in [0.2, 0.25) is 5.91 Å². The Morgan fingerprint density at radius 1 is 1.00 bits per heavy atom. The van der Waals surface area contributed by atoms with Crippen molar-refractivity contribution in [1.29, 1.82) is 0 Å². The largest absolute Gasteiger partial charge is 0.353 e. The summed E-state index contributed by atoms with van der Waals surface area (Å²) in [6, 6.07) is 7.43. The van der Waals surface area contributed by atoms with Crippen LogP contribution in [-0.4, -0.2) is 35.8 Å². The van der Waals surface area contributed by atoms with Gasteiger partial charge >= 0.3 is 0 Å². The van der Waals surface area contributed by atoms with E-state index in [9.17, 15) is 9.59 Å². The van der Waals surface area contributed by atoms with Crippen molar-refractivity contribution in [3.05, 3.63) is 34.9 Å². The van der Waals surface area contributed by atoms with E-state index in [-0.39, 0.29) is 17.7 Å². The molecule has 1 N–H and O–H groups in total. The lowest BCUT2D eigenvalue weighted by Gasteiger charge is -2.33. The van der Waals surface area contributed by atoms with Crippen LogP contribution in [0.4, 0.5) is 0 Å². The quantitative estimate of drug-likeness (QED) is 0.825. The van der Waals surface area contributed by atoms with Crippen molar-refractivity contribution < 1.29 is 9.59 Å². The third-order valence-corrected chi connectivity index (χ3v) is 5.71. The van der Waals surface area contributed by atoms with E-state index in [0.717, 1.165) is 25.7 Å². The first kappa shape index (κ1) is 18.2. The fourth-order valence-corrected chi connectivity index (χ4v) is 4.14. The molecular formula is C20H27ClN2O2. The average Bonchev–Trinajstić information content (AvgIpc) is 2.90. The molecule has 1 heterocycles. The molecule has 1 saturated heterocycles. The predicted octanol–water partition coefficient (Wildman–Crippen LogP) is 4.03. The molecule has 0 bridgehead atoms. The molecule has 3 rings (SSSR count). The number of hydrogen-bond donors (Lipinski definition) is 1. The van der Waals surface area contributed by atoms with Gasteiger partial charge in [0.1, 0.15) is 0 Å². The number of likely N-dealkylation sites (tertiary alicyclic amines) is 1. The zero-order valence-corrected chi connectivity index (χ0v) is 15.4. The summed E-state index contributed by atoms with van der Waals surface area (Å²) in [5.41, 5.74) is 0.522. The van der Waals surface area contributed by atoms with E-state index in [0.29, 0.717) is 29.7 Å². The van der Waals surface area contributed by atoms with E-state index in [2.05, 4.69) is 5.32 Å². The molecular weight excluding hydrogens is 336 g/mol. The number of amides is 2. The van der Waals surface area contributed by atoms with Gasteiger partial charge in [-0.3, -0.25) is 9.59 Å². The Balaban J connectivity index is 1.59. The van der Waals surface area contributed by atoms with E-state index in [4.69, 9.17) is 11.6 Å². The second-order valence-electron chi connectivity index (χ2n) is 7.27. The van der Waals surface area contributed by atoms with Crippen LogP contribution in [0.3, 0.4) is 0 Å². The number of halogens is 1. The topological polar surface area (TPSA) is 49.4 Å². The molecule has 0 radical (unpaired) electrons. The number of rotatable bonds is 3. The van der Waals surface area contributed by atoms with Gasteiger partial charge in [0.15, 0.2) is 0 Å². The minimum Gasteiger partial charge on any atom is -0.353 e. The second-order valence-corrected chi connectivity index (χ2v) is 7.67. The predicted molar refractivity (Wildman–Crippen MR) is 99.7 cm³/mol. The Hall–Kier alpha value is -1.55. The van der Waals surface area contributed by atoms with Crippen LogP contribution >= 0.6 is 11.6 Å². The standard InChI is InChI=1S/C20H27ClN2O2/c21-18-12-6-5-11-17(18)20(25)23-13-7-8-15(14-23)19(24)22-16-9-3-1-2-4-10-16/h5-6,11-12,15-16H,1-4,7-10,13-14H2,(H,22,24)/t15-/m0/s1. The maximum absolute atomic E-state index is 12.7. The molecule has 1 saturated carbocycles. The van der Waals surface area contributed by atoms with Crippen LogP contribution in [0.1, 0.15) is 61.7 Å². The minimum atomic E-state index is -0.108. The Bertz CT molecular complexity index is 611. The summed E-state index contributed by atoms with van der Waals surface area (Å²) in [7, 11) is 0. The van der Waals surface area contributed by atoms with Gasteiger partial charge in [-0.2, -0.15) is 0 Å². The van der Waals surface area contributed by atoms with Crippen LogP contribution < -0.4 is 5.32 Å². The summed E-state index contributed by atoms with van der Waals surface area (Å²) < 4.78 is 0. The maximum Gasteiger partial charge on any atom is 0.255 e. The SMILES string of the molecule is O=C(NC1CCCCCC1)[C@H]1CCCN(C(=O)c2ccccc2Cl)C1. The normalized spacial score (nSPS) is 22.3. The molecule has 25 heavy (non-hydrogen) atoms. The monoisotopic (exact) mass is 362 g/mol. The number of hydrogen-bond acceptors (Lipinski definition) is 2. The van der Waals surface area contributed by atoms with Gasteiger partial charge in [-0.25, -0.2) is 0 Å². The highest BCUT2D eigenvalue weighted by Gasteiger charge is 2.30. The Labute approximate surface area is 154 Å². The molecule has 2 fully saturated rings. The van der Waals surface area contributed by atoms with Crippen molar-refractivity contribution in [2.45, 2.75) is 57.4 Å². The molecule has 1 aliphatic carbocycles. The van der Waals surface area contributed by atoms with Crippen molar-refractivity contribution >= 4 is 23.4 Å². The lowest BCUT2D eigenvalue weighted by Crippen LogP contribution is -2.47. The Morgan fingerprint density at radius 3 is 2.44 bits per heavy atom. The van der Waals surface area contributed by atoms with Crippen molar-refractivity contribution in [1.82, 2.24) is 10.2 Å². The van der Waals surface area contributed by atoms with Crippen LogP contribution in [0.15, 0.2) is 24.3 Å². The Morgan fingerprint density at radius 2 is 1.72 bits per heavy atom. The molecule has 4 nitrogen and oxygen atoms in total. The molecule has 1 aliphatic heterocycles. The van der Waals surface area contributed by atoms with Crippen LogP contribution in [0.5, 0.6) is 0 Å². The van der Waals surface area contributed by atoms with Crippen LogP contribution in [0.2, 0.25) is 5.02 Å². The zero-order chi connectivity index (χ0) is 17.6. The highest BCUT2D eigenvalue weighted by molar-refractivity contribution is 6.33. The lowest BCUT2D eigenvalue weighted by atomic mass is 9.95. The summed E-state index contributed by atoms with van der Waals surface area (Å²) in [6.07, 6.45) is 8.83. The first-order chi connectivity index (χ1) is 12.1. The van der Waals surface area contributed by atoms with E-state index in [1.807, 2.05) is 12.1 Å². The van der Waals surface area contributed by atoms with Crippen molar-refractivity contribution in [3.8, 4) is 0 Å². The van der Waals surface area contributed by atoms with Gasteiger partial charge in [-0.15, -0.1) is 0 Å². The van der Waals surface area contributed by atoms with Gasteiger partial charge in [-0.1, -0.05) is 49.4 Å². The molecule has 1 atom stereocenters. The summed E-state index contributed by atoms with van der Waals surface area (Å²) in [4.78, 5) is 27.2. The molecule has 5 heteroatoms. The molecule has 136 valence electrons. The average molecular weight is 363 g/mol. The highest BCUT2D eigenvalue weighted by Crippen LogP contribution is 2.23. The molecule has 0 unspecified atom stereocenters. The molecule has 1 aromatic rings. The van der Waals surface area contributed by atoms with Gasteiger partial charge in [0.05, 0.1) is 16.5 Å².